The summed E-state index contributed by atoms with van der Waals surface area (Å²) in [6.07, 6.45) is 1.45. The Balaban J connectivity index is 2.29. The van der Waals surface area contributed by atoms with Crippen molar-refractivity contribution < 1.29 is 24.5 Å². The average Bonchev–Trinajstić information content (AvgIpc) is 2.89. The number of aliphatic carboxylic acids is 1. The maximum absolute atomic E-state index is 11.2. The molecule has 21 heavy (non-hydrogen) atoms. The molecule has 2 rings (SSSR count). The molecule has 6 nitrogen and oxygen atoms in total. The number of carboxylic acids is 2. The fraction of sp³-hybridized carbons (Fsp3) is 0.200. The van der Waals surface area contributed by atoms with Gasteiger partial charge in [0.15, 0.2) is 0 Å². The second-order valence-electron chi connectivity index (χ2n) is 4.50. The summed E-state index contributed by atoms with van der Waals surface area (Å²) in [4.78, 5) is 22.3. The van der Waals surface area contributed by atoms with Gasteiger partial charge in [0.1, 0.15) is 18.4 Å². The first kappa shape index (κ1) is 14.6. The zero-order valence-electron chi connectivity index (χ0n) is 11.4. The van der Waals surface area contributed by atoms with Gasteiger partial charge in [0.05, 0.1) is 11.3 Å². The molecule has 0 amide bonds. The Morgan fingerprint density at radius 3 is 2.43 bits per heavy atom. The lowest BCUT2D eigenvalue weighted by molar-refractivity contribution is -0.140. The maximum atomic E-state index is 11.2. The van der Waals surface area contributed by atoms with Crippen molar-refractivity contribution in [2.24, 2.45) is 0 Å². The number of benzene rings is 1. The van der Waals surface area contributed by atoms with Gasteiger partial charge < -0.3 is 19.5 Å². The highest BCUT2D eigenvalue weighted by Crippen LogP contribution is 2.20. The van der Waals surface area contributed by atoms with Crippen molar-refractivity contribution >= 4 is 11.9 Å². The Bertz CT molecular complexity index is 647. The lowest BCUT2D eigenvalue weighted by Gasteiger charge is -2.15. The molecule has 110 valence electrons. The summed E-state index contributed by atoms with van der Waals surface area (Å²) in [5.74, 6) is -1.56. The molecule has 0 fully saturated rings. The van der Waals surface area contributed by atoms with E-state index in [2.05, 4.69) is 0 Å². The van der Waals surface area contributed by atoms with Gasteiger partial charge in [-0.05, 0) is 25.1 Å². The average molecular weight is 289 g/mol. The molecule has 0 saturated carbocycles. The van der Waals surface area contributed by atoms with Gasteiger partial charge in [-0.2, -0.15) is 0 Å². The Morgan fingerprint density at radius 1 is 1.19 bits per heavy atom. The Labute approximate surface area is 121 Å². The third-order valence-corrected chi connectivity index (χ3v) is 3.15. The normalized spacial score (nSPS) is 11.9. The molecule has 2 aromatic rings. The van der Waals surface area contributed by atoms with E-state index in [4.69, 9.17) is 9.84 Å². The number of hydrogen-bond acceptors (Lipinski definition) is 3. The van der Waals surface area contributed by atoms with Crippen molar-refractivity contribution in [3.63, 3.8) is 0 Å². The maximum Gasteiger partial charge on any atom is 0.337 e. The van der Waals surface area contributed by atoms with Crippen LogP contribution in [0.4, 0.5) is 0 Å². The van der Waals surface area contributed by atoms with Crippen molar-refractivity contribution in [2.75, 3.05) is 0 Å². The predicted molar refractivity (Wildman–Crippen MR) is 74.5 cm³/mol. The number of carbonyl (C=O) groups is 2. The van der Waals surface area contributed by atoms with Crippen molar-refractivity contribution in [1.29, 1.82) is 0 Å². The molecule has 0 radical (unpaired) electrons. The van der Waals surface area contributed by atoms with Crippen LogP contribution in [0.5, 0.6) is 5.75 Å². The fourth-order valence-electron chi connectivity index (χ4n) is 1.98. The molecule has 1 aromatic carbocycles. The molecule has 0 aliphatic heterocycles. The summed E-state index contributed by atoms with van der Waals surface area (Å²) in [6, 6.07) is 9.44. The molecule has 1 aromatic heterocycles. The molecule has 1 unspecified atom stereocenters. The van der Waals surface area contributed by atoms with Crippen LogP contribution >= 0.6 is 0 Å². The van der Waals surface area contributed by atoms with Gasteiger partial charge in [0, 0.05) is 6.20 Å². The van der Waals surface area contributed by atoms with E-state index in [1.54, 1.807) is 24.3 Å². The number of para-hydroxylation sites is 1. The number of rotatable bonds is 6. The third-order valence-electron chi connectivity index (χ3n) is 3.15. The highest BCUT2D eigenvalue weighted by atomic mass is 16.5. The van der Waals surface area contributed by atoms with Crippen LogP contribution in [-0.4, -0.2) is 26.7 Å². The van der Waals surface area contributed by atoms with Crippen LogP contribution in [0.15, 0.2) is 42.6 Å². The van der Waals surface area contributed by atoms with Crippen molar-refractivity contribution in [2.45, 2.75) is 19.6 Å². The van der Waals surface area contributed by atoms with Gasteiger partial charge in [0.2, 0.25) is 0 Å². The second-order valence-corrected chi connectivity index (χ2v) is 4.50. The van der Waals surface area contributed by atoms with E-state index in [-0.39, 0.29) is 12.2 Å². The molecule has 0 saturated heterocycles. The van der Waals surface area contributed by atoms with Crippen LogP contribution in [0.2, 0.25) is 0 Å². The molecule has 1 heterocycles. The fourth-order valence-corrected chi connectivity index (χ4v) is 1.98. The van der Waals surface area contributed by atoms with E-state index < -0.39 is 18.0 Å². The second kappa shape index (κ2) is 6.13. The van der Waals surface area contributed by atoms with Crippen LogP contribution in [0.1, 0.15) is 29.0 Å². The van der Waals surface area contributed by atoms with Crippen LogP contribution < -0.4 is 4.74 Å². The first-order chi connectivity index (χ1) is 10.0. The summed E-state index contributed by atoms with van der Waals surface area (Å²) in [6.45, 7) is 1.47. The molecule has 2 N–H and O–H groups in total. The van der Waals surface area contributed by atoms with Gasteiger partial charge in [-0.3, -0.25) is 0 Å². The largest absolute Gasteiger partial charge is 0.487 e. The number of ether oxygens (including phenoxy) is 1. The molecule has 0 spiro atoms. The molecule has 0 aliphatic rings. The van der Waals surface area contributed by atoms with Gasteiger partial charge in [0.25, 0.3) is 0 Å². The Hall–Kier alpha value is -2.76. The number of nitrogens with zero attached hydrogens (tertiary/aromatic N) is 1. The first-order valence-corrected chi connectivity index (χ1v) is 6.34. The third kappa shape index (κ3) is 3.22. The minimum Gasteiger partial charge on any atom is -0.487 e. The minimum atomic E-state index is -1.11. The van der Waals surface area contributed by atoms with E-state index in [0.29, 0.717) is 11.4 Å². The summed E-state index contributed by atoms with van der Waals surface area (Å²) in [5.41, 5.74) is 0.361. The van der Waals surface area contributed by atoms with Gasteiger partial charge in [-0.15, -0.1) is 0 Å². The van der Waals surface area contributed by atoms with Crippen molar-refractivity contribution in [3.8, 4) is 5.75 Å². The van der Waals surface area contributed by atoms with Gasteiger partial charge >= 0.3 is 11.9 Å². The Morgan fingerprint density at radius 2 is 1.86 bits per heavy atom. The number of hydrogen-bond donors (Lipinski definition) is 2. The van der Waals surface area contributed by atoms with Crippen LogP contribution in [0.25, 0.3) is 0 Å². The standard InChI is InChI=1S/C15H15NO5/c1-10(14(17)18)16-8-7-12(15(19)20)13(16)9-21-11-5-3-2-4-6-11/h2-8,10H,9H2,1H3,(H,17,18)(H,19,20). The predicted octanol–water partition coefficient (Wildman–Crippen LogP) is 2.41. The number of aromatic carboxylic acids is 1. The van der Waals surface area contributed by atoms with E-state index >= 15 is 0 Å². The zero-order chi connectivity index (χ0) is 15.4. The van der Waals surface area contributed by atoms with Gasteiger partial charge in [-0.25, -0.2) is 9.59 Å². The number of aromatic nitrogens is 1. The van der Waals surface area contributed by atoms with Gasteiger partial charge in [-0.1, -0.05) is 18.2 Å². The summed E-state index contributed by atoms with van der Waals surface area (Å²) in [5, 5.41) is 18.3. The zero-order valence-corrected chi connectivity index (χ0v) is 11.4. The van der Waals surface area contributed by atoms with E-state index in [1.807, 2.05) is 6.07 Å². The minimum absolute atomic E-state index is 0.0176. The highest BCUT2D eigenvalue weighted by molar-refractivity contribution is 5.89. The van der Waals surface area contributed by atoms with Crippen molar-refractivity contribution in [3.05, 3.63) is 53.9 Å². The molecule has 0 bridgehead atoms. The Kier molecular flexibility index (Phi) is 4.27. The van der Waals surface area contributed by atoms with E-state index in [1.165, 1.54) is 23.8 Å². The molecule has 6 heteroatoms. The SMILES string of the molecule is CC(C(=O)O)n1ccc(C(=O)O)c1COc1ccccc1. The molecular formula is C15H15NO5. The van der Waals surface area contributed by atoms with Crippen LogP contribution in [0.3, 0.4) is 0 Å². The lowest BCUT2D eigenvalue weighted by Crippen LogP contribution is -2.19. The lowest BCUT2D eigenvalue weighted by atomic mass is 10.2. The van der Waals surface area contributed by atoms with Crippen LogP contribution in [-0.2, 0) is 11.4 Å². The summed E-state index contributed by atoms with van der Waals surface area (Å²) in [7, 11) is 0. The van der Waals surface area contributed by atoms with E-state index in [0.717, 1.165) is 0 Å². The highest BCUT2D eigenvalue weighted by Gasteiger charge is 2.22. The van der Waals surface area contributed by atoms with Crippen molar-refractivity contribution in [1.82, 2.24) is 4.57 Å². The van der Waals surface area contributed by atoms with E-state index in [9.17, 15) is 14.7 Å². The molecule has 1 atom stereocenters. The molecular weight excluding hydrogens is 274 g/mol. The quantitative estimate of drug-likeness (QED) is 0.852. The first-order valence-electron chi connectivity index (χ1n) is 6.34. The summed E-state index contributed by atoms with van der Waals surface area (Å²) >= 11 is 0. The topological polar surface area (TPSA) is 88.8 Å². The monoisotopic (exact) mass is 289 g/mol. The molecule has 0 aliphatic carbocycles. The van der Waals surface area contributed by atoms with Crippen LogP contribution in [0, 0.1) is 0 Å². The summed E-state index contributed by atoms with van der Waals surface area (Å²) < 4.78 is 6.93. The number of carboxylic acid groups (broad SMARTS) is 2. The smallest absolute Gasteiger partial charge is 0.337 e.